The van der Waals surface area contributed by atoms with Gasteiger partial charge in [0.25, 0.3) is 5.91 Å². The smallest absolute Gasteiger partial charge is 0.322 e. The van der Waals surface area contributed by atoms with Crippen LogP contribution in [-0.4, -0.2) is 35.3 Å². The van der Waals surface area contributed by atoms with Crippen LogP contribution in [0.15, 0.2) is 46.3 Å². The molecule has 1 amide bonds. The van der Waals surface area contributed by atoms with Gasteiger partial charge in [-0.25, -0.2) is 4.98 Å². The molecule has 0 aliphatic rings. The molecule has 0 spiro atoms. The lowest BCUT2D eigenvalue weighted by Gasteiger charge is -2.07. The van der Waals surface area contributed by atoms with Gasteiger partial charge in [-0.2, -0.15) is 0 Å². The second-order valence-corrected chi connectivity index (χ2v) is 6.36. The summed E-state index contributed by atoms with van der Waals surface area (Å²) >= 11 is 1.47. The van der Waals surface area contributed by atoms with Crippen molar-refractivity contribution >= 4 is 33.5 Å². The predicted molar refractivity (Wildman–Crippen MR) is 100 cm³/mol. The molecule has 136 valence electrons. The number of hydrogen-bond acceptors (Lipinski definition) is 8. The highest BCUT2D eigenvalue weighted by Crippen LogP contribution is 2.32. The van der Waals surface area contributed by atoms with Crippen LogP contribution in [0.2, 0.25) is 0 Å². The van der Waals surface area contributed by atoms with E-state index in [-0.39, 0.29) is 17.8 Å². The van der Waals surface area contributed by atoms with E-state index in [2.05, 4.69) is 20.5 Å². The summed E-state index contributed by atoms with van der Waals surface area (Å²) in [5, 5.41) is 10.5. The standard InChI is InChI=1S/C18H14N4O4S/c1-24-13-6-4-11(7-14(13)25-2)17-21-22-18(26-17)20-16(23)10-3-5-12-15(8-10)27-9-19-12/h3-9H,1-2H3,(H,20,22,23). The summed E-state index contributed by atoms with van der Waals surface area (Å²) in [6, 6.07) is 10.5. The van der Waals surface area contributed by atoms with Crippen LogP contribution in [0.5, 0.6) is 11.5 Å². The molecule has 0 saturated heterocycles. The summed E-state index contributed by atoms with van der Waals surface area (Å²) in [6.07, 6.45) is 0. The third-order valence-corrected chi connectivity index (χ3v) is 4.66. The summed E-state index contributed by atoms with van der Waals surface area (Å²) < 4.78 is 17.0. The molecule has 0 bridgehead atoms. The van der Waals surface area contributed by atoms with E-state index in [1.54, 1.807) is 56.1 Å². The van der Waals surface area contributed by atoms with E-state index in [0.717, 1.165) is 10.2 Å². The zero-order valence-electron chi connectivity index (χ0n) is 14.4. The molecule has 0 aliphatic heterocycles. The van der Waals surface area contributed by atoms with Gasteiger partial charge < -0.3 is 13.9 Å². The molecule has 4 aromatic rings. The molecule has 2 heterocycles. The van der Waals surface area contributed by atoms with E-state index < -0.39 is 0 Å². The van der Waals surface area contributed by atoms with E-state index in [4.69, 9.17) is 13.9 Å². The Labute approximate surface area is 157 Å². The first kappa shape index (κ1) is 17.0. The number of amides is 1. The van der Waals surface area contributed by atoms with Crippen molar-refractivity contribution in [3.63, 3.8) is 0 Å². The number of aromatic nitrogens is 3. The second kappa shape index (κ2) is 7.04. The average Bonchev–Trinajstić information content (AvgIpc) is 3.36. The van der Waals surface area contributed by atoms with Crippen molar-refractivity contribution in [1.29, 1.82) is 0 Å². The summed E-state index contributed by atoms with van der Waals surface area (Å²) in [7, 11) is 3.10. The van der Waals surface area contributed by atoms with Crippen LogP contribution in [-0.2, 0) is 0 Å². The molecule has 27 heavy (non-hydrogen) atoms. The van der Waals surface area contributed by atoms with Crippen LogP contribution in [0.25, 0.3) is 21.7 Å². The molecule has 9 heteroatoms. The predicted octanol–water partition coefficient (Wildman–Crippen LogP) is 3.62. The Morgan fingerprint density at radius 2 is 1.93 bits per heavy atom. The third kappa shape index (κ3) is 3.32. The lowest BCUT2D eigenvalue weighted by Crippen LogP contribution is -2.11. The second-order valence-electron chi connectivity index (χ2n) is 5.47. The van der Waals surface area contributed by atoms with E-state index in [9.17, 15) is 4.79 Å². The number of nitrogens with zero attached hydrogens (tertiary/aromatic N) is 3. The van der Waals surface area contributed by atoms with Crippen LogP contribution in [0.1, 0.15) is 10.4 Å². The van der Waals surface area contributed by atoms with Crippen molar-refractivity contribution in [3.05, 3.63) is 47.5 Å². The summed E-state index contributed by atoms with van der Waals surface area (Å²) in [5.74, 6) is 1.04. The maximum absolute atomic E-state index is 12.4. The highest BCUT2D eigenvalue weighted by molar-refractivity contribution is 7.16. The van der Waals surface area contributed by atoms with Crippen molar-refractivity contribution < 1.29 is 18.7 Å². The first-order valence-corrected chi connectivity index (χ1v) is 8.76. The number of carbonyl (C=O) groups is 1. The first-order valence-electron chi connectivity index (χ1n) is 7.88. The minimum atomic E-state index is -0.340. The lowest BCUT2D eigenvalue weighted by molar-refractivity contribution is 0.102. The molecule has 0 fully saturated rings. The van der Waals surface area contributed by atoms with Gasteiger partial charge in [0, 0.05) is 11.1 Å². The molecule has 0 aliphatic carbocycles. The molecule has 0 unspecified atom stereocenters. The van der Waals surface area contributed by atoms with Gasteiger partial charge in [-0.1, -0.05) is 5.10 Å². The van der Waals surface area contributed by atoms with E-state index in [1.807, 2.05) is 0 Å². The minimum absolute atomic E-state index is 0.00851. The Hall–Kier alpha value is -3.46. The Balaban J connectivity index is 1.54. The fraction of sp³-hybridized carbons (Fsp3) is 0.111. The molecular weight excluding hydrogens is 368 g/mol. The number of fused-ring (bicyclic) bond motifs is 1. The average molecular weight is 382 g/mol. The summed E-state index contributed by atoms with van der Waals surface area (Å²) in [4.78, 5) is 16.6. The number of benzene rings is 2. The Bertz CT molecular complexity index is 1120. The van der Waals surface area contributed by atoms with Crippen LogP contribution in [0.3, 0.4) is 0 Å². The van der Waals surface area contributed by atoms with Gasteiger partial charge in [-0.3, -0.25) is 10.1 Å². The molecule has 0 saturated carbocycles. The van der Waals surface area contributed by atoms with E-state index >= 15 is 0 Å². The number of hydrogen-bond donors (Lipinski definition) is 1. The lowest BCUT2D eigenvalue weighted by atomic mass is 10.2. The fourth-order valence-electron chi connectivity index (χ4n) is 2.53. The Kier molecular flexibility index (Phi) is 4.43. The van der Waals surface area contributed by atoms with Crippen LogP contribution >= 0.6 is 11.3 Å². The maximum atomic E-state index is 12.4. The molecule has 2 aromatic carbocycles. The Morgan fingerprint density at radius 3 is 2.74 bits per heavy atom. The molecular formula is C18H14N4O4S. The topological polar surface area (TPSA) is 99.4 Å². The number of nitrogens with one attached hydrogen (secondary N) is 1. The van der Waals surface area contributed by atoms with Gasteiger partial charge in [0.05, 0.1) is 29.9 Å². The van der Waals surface area contributed by atoms with Gasteiger partial charge in [-0.05, 0) is 36.4 Å². The SMILES string of the molecule is COc1ccc(-c2nnc(NC(=O)c3ccc4ncsc4c3)o2)cc1OC. The number of rotatable bonds is 5. The molecule has 4 rings (SSSR count). The largest absolute Gasteiger partial charge is 0.493 e. The molecule has 8 nitrogen and oxygen atoms in total. The van der Waals surface area contributed by atoms with Crippen molar-refractivity contribution in [2.45, 2.75) is 0 Å². The van der Waals surface area contributed by atoms with Crippen LogP contribution in [0, 0.1) is 0 Å². The number of ether oxygens (including phenoxy) is 2. The molecule has 0 atom stereocenters. The van der Waals surface area contributed by atoms with Gasteiger partial charge in [0.15, 0.2) is 11.5 Å². The van der Waals surface area contributed by atoms with Crippen LogP contribution in [0.4, 0.5) is 6.01 Å². The van der Waals surface area contributed by atoms with Gasteiger partial charge in [0.1, 0.15) is 0 Å². The summed E-state index contributed by atoms with van der Waals surface area (Å²) in [6.45, 7) is 0. The Morgan fingerprint density at radius 1 is 1.07 bits per heavy atom. The summed E-state index contributed by atoms with van der Waals surface area (Å²) in [5.41, 5.74) is 3.72. The molecule has 2 aromatic heterocycles. The van der Waals surface area contributed by atoms with Crippen molar-refractivity contribution in [3.8, 4) is 23.0 Å². The highest BCUT2D eigenvalue weighted by atomic mass is 32.1. The zero-order valence-corrected chi connectivity index (χ0v) is 15.2. The van der Waals surface area contributed by atoms with E-state index in [0.29, 0.717) is 22.6 Å². The number of anilines is 1. The van der Waals surface area contributed by atoms with Crippen molar-refractivity contribution in [2.24, 2.45) is 0 Å². The van der Waals surface area contributed by atoms with Gasteiger partial charge in [-0.15, -0.1) is 16.4 Å². The highest BCUT2D eigenvalue weighted by Gasteiger charge is 2.15. The number of methoxy groups -OCH3 is 2. The maximum Gasteiger partial charge on any atom is 0.322 e. The normalized spacial score (nSPS) is 10.7. The monoisotopic (exact) mass is 382 g/mol. The number of thiazole rings is 1. The molecule has 0 radical (unpaired) electrons. The third-order valence-electron chi connectivity index (χ3n) is 3.87. The fourth-order valence-corrected chi connectivity index (χ4v) is 3.24. The first-order chi connectivity index (χ1) is 13.2. The van der Waals surface area contributed by atoms with Crippen LogP contribution < -0.4 is 14.8 Å². The number of carbonyl (C=O) groups excluding carboxylic acids is 1. The molecule has 1 N–H and O–H groups in total. The van der Waals surface area contributed by atoms with Gasteiger partial charge in [0.2, 0.25) is 5.89 Å². The van der Waals surface area contributed by atoms with Crippen molar-refractivity contribution in [2.75, 3.05) is 19.5 Å². The minimum Gasteiger partial charge on any atom is -0.493 e. The van der Waals surface area contributed by atoms with E-state index in [1.165, 1.54) is 11.3 Å². The van der Waals surface area contributed by atoms with Crippen molar-refractivity contribution in [1.82, 2.24) is 15.2 Å². The van der Waals surface area contributed by atoms with Gasteiger partial charge >= 0.3 is 6.01 Å². The zero-order chi connectivity index (χ0) is 18.8. The quantitative estimate of drug-likeness (QED) is 0.563.